The Morgan fingerprint density at radius 2 is 1.73 bits per heavy atom. The van der Waals surface area contributed by atoms with Crippen LogP contribution in [0, 0.1) is 0 Å². The molecule has 0 bridgehead atoms. The van der Waals surface area contributed by atoms with Gasteiger partial charge in [-0.1, -0.05) is 0 Å². The van der Waals surface area contributed by atoms with Gasteiger partial charge < -0.3 is 25.5 Å². The average Bonchev–Trinajstić information content (AvgIpc) is 2.10. The molecule has 0 atom stereocenters. The lowest BCUT2D eigenvalue weighted by molar-refractivity contribution is -0.326. The van der Waals surface area contributed by atoms with E-state index in [9.17, 15) is 28.2 Å². The second-order valence-electron chi connectivity index (χ2n) is 2.65. The van der Waals surface area contributed by atoms with Crippen molar-refractivity contribution in [2.45, 2.75) is 12.5 Å². The van der Waals surface area contributed by atoms with Gasteiger partial charge in [0, 0.05) is 0 Å². The van der Waals surface area contributed by atoms with Gasteiger partial charge in [0.2, 0.25) is 10.0 Å². The van der Waals surface area contributed by atoms with Crippen molar-refractivity contribution in [1.82, 2.24) is 4.72 Å². The number of hydrogen-bond acceptors (Lipinski definition) is 7. The van der Waals surface area contributed by atoms with Crippen LogP contribution in [0.25, 0.3) is 0 Å². The molecule has 0 aromatic rings. The fraction of sp³-hybridized carbons (Fsp3) is 0.667. The number of nitrogens with one attached hydrogen (secondary N) is 1. The minimum Gasteiger partial charge on any atom is -0.548 e. The molecule has 88 valence electrons. The molecule has 0 fully saturated rings. The van der Waals surface area contributed by atoms with Crippen LogP contribution in [-0.2, 0) is 19.6 Å². The smallest absolute Gasteiger partial charge is 0.212 e. The number of sulfonamides is 1. The second kappa shape index (κ2) is 5.63. The fourth-order valence-corrected chi connectivity index (χ4v) is 1.92. The van der Waals surface area contributed by atoms with E-state index in [1.54, 1.807) is 0 Å². The normalized spacial score (nSPS) is 11.6. The lowest BCUT2D eigenvalue weighted by Gasteiger charge is -2.20. The van der Waals surface area contributed by atoms with Crippen LogP contribution >= 0.6 is 0 Å². The van der Waals surface area contributed by atoms with E-state index in [4.69, 9.17) is 5.73 Å². The van der Waals surface area contributed by atoms with Gasteiger partial charge in [-0.15, -0.1) is 0 Å². The van der Waals surface area contributed by atoms with E-state index in [-0.39, 0.29) is 13.0 Å². The SMILES string of the molecule is NCCCS(=O)(=O)NC(C(=O)[O-])C(=O)[O-]. The summed E-state index contributed by atoms with van der Waals surface area (Å²) >= 11 is 0. The van der Waals surface area contributed by atoms with Crippen molar-refractivity contribution in [3.8, 4) is 0 Å². The van der Waals surface area contributed by atoms with Crippen LogP contribution in [0.15, 0.2) is 0 Å². The van der Waals surface area contributed by atoms with Crippen LogP contribution in [0.1, 0.15) is 6.42 Å². The van der Waals surface area contributed by atoms with Gasteiger partial charge in [-0.2, -0.15) is 0 Å². The monoisotopic (exact) mass is 238 g/mol. The Hall–Kier alpha value is -1.19. The van der Waals surface area contributed by atoms with Gasteiger partial charge in [0.05, 0.1) is 17.7 Å². The van der Waals surface area contributed by atoms with E-state index in [1.165, 1.54) is 4.72 Å². The topological polar surface area (TPSA) is 152 Å². The zero-order valence-electron chi connectivity index (χ0n) is 7.63. The highest BCUT2D eigenvalue weighted by Crippen LogP contribution is 1.91. The number of carbonyl (C=O) groups is 2. The standard InChI is InChI=1S/C6H12N2O6S/c7-2-1-3-15(13,14)8-4(5(9)10)6(11)12/h4,8H,1-3,7H2,(H,9,10)(H,11,12)/p-2. The van der Waals surface area contributed by atoms with Gasteiger partial charge in [0.1, 0.15) is 6.04 Å². The summed E-state index contributed by atoms with van der Waals surface area (Å²) in [6, 6.07) is -2.38. The number of nitrogens with two attached hydrogens (primary N) is 1. The first-order valence-electron chi connectivity index (χ1n) is 3.92. The maximum atomic E-state index is 11.1. The van der Waals surface area contributed by atoms with Crippen molar-refractivity contribution in [2.24, 2.45) is 5.73 Å². The molecule has 0 rings (SSSR count). The third-order valence-corrected chi connectivity index (χ3v) is 2.81. The van der Waals surface area contributed by atoms with Crippen LogP contribution in [0.4, 0.5) is 0 Å². The maximum absolute atomic E-state index is 11.1. The lowest BCUT2D eigenvalue weighted by atomic mass is 10.3. The second-order valence-corrected chi connectivity index (χ2v) is 4.52. The molecule has 0 spiro atoms. The first kappa shape index (κ1) is 13.8. The number of hydrogen-bond donors (Lipinski definition) is 2. The zero-order valence-corrected chi connectivity index (χ0v) is 8.45. The van der Waals surface area contributed by atoms with Crippen LogP contribution < -0.4 is 20.7 Å². The number of aliphatic carboxylic acids is 2. The largest absolute Gasteiger partial charge is 0.548 e. The predicted molar refractivity (Wildman–Crippen MR) is 44.4 cm³/mol. The Morgan fingerprint density at radius 3 is 2.07 bits per heavy atom. The van der Waals surface area contributed by atoms with Gasteiger partial charge in [-0.05, 0) is 13.0 Å². The molecule has 0 aromatic heterocycles. The summed E-state index contributed by atoms with van der Waals surface area (Å²) < 4.78 is 23.5. The average molecular weight is 238 g/mol. The highest BCUT2D eigenvalue weighted by Gasteiger charge is 2.19. The molecule has 0 heterocycles. The molecule has 0 aliphatic rings. The molecule has 0 amide bonds. The molecule has 0 saturated carbocycles. The van der Waals surface area contributed by atoms with Crippen molar-refractivity contribution >= 4 is 22.0 Å². The summed E-state index contributed by atoms with van der Waals surface area (Å²) in [5.41, 5.74) is 5.04. The summed E-state index contributed by atoms with van der Waals surface area (Å²) in [7, 11) is -4.00. The molecule has 0 aliphatic heterocycles. The first-order valence-corrected chi connectivity index (χ1v) is 5.57. The molecule has 0 radical (unpaired) electrons. The molecule has 0 aromatic carbocycles. The summed E-state index contributed by atoms with van der Waals surface area (Å²) in [6.45, 7) is 0.0855. The van der Waals surface area contributed by atoms with Crippen molar-refractivity contribution in [2.75, 3.05) is 12.3 Å². The number of carboxylic acid groups (broad SMARTS) is 2. The van der Waals surface area contributed by atoms with Gasteiger partial charge >= 0.3 is 0 Å². The lowest BCUT2D eigenvalue weighted by Crippen LogP contribution is -2.57. The first-order chi connectivity index (χ1) is 6.80. The van der Waals surface area contributed by atoms with Crippen LogP contribution in [0.5, 0.6) is 0 Å². The molecule has 0 unspecified atom stereocenters. The van der Waals surface area contributed by atoms with Gasteiger partial charge in [0.15, 0.2) is 0 Å². The Kier molecular flexibility index (Phi) is 5.19. The maximum Gasteiger partial charge on any atom is 0.212 e. The van der Waals surface area contributed by atoms with Crippen molar-refractivity contribution in [3.63, 3.8) is 0 Å². The number of rotatable bonds is 7. The Labute approximate surface area is 86.1 Å². The summed E-state index contributed by atoms with van der Waals surface area (Å²) in [5.74, 6) is -4.61. The Bertz CT molecular complexity index is 324. The fourth-order valence-electron chi connectivity index (χ4n) is 0.704. The van der Waals surface area contributed by atoms with Gasteiger partial charge in [0.25, 0.3) is 0 Å². The van der Waals surface area contributed by atoms with Crippen LogP contribution in [-0.4, -0.2) is 38.7 Å². The molecular formula is C6H10N2O6S-2. The minimum atomic E-state index is -4.00. The van der Waals surface area contributed by atoms with Crippen molar-refractivity contribution < 1.29 is 28.2 Å². The third-order valence-electron chi connectivity index (χ3n) is 1.39. The van der Waals surface area contributed by atoms with Crippen LogP contribution in [0.3, 0.4) is 0 Å². The minimum absolute atomic E-state index is 0.0855. The molecule has 0 aliphatic carbocycles. The summed E-state index contributed by atoms with van der Waals surface area (Å²) in [4.78, 5) is 20.4. The van der Waals surface area contributed by atoms with E-state index in [0.29, 0.717) is 0 Å². The molecule has 9 heteroatoms. The predicted octanol–water partition coefficient (Wildman–Crippen LogP) is -4.88. The molecule has 8 nitrogen and oxygen atoms in total. The van der Waals surface area contributed by atoms with Crippen LogP contribution in [0.2, 0.25) is 0 Å². The molecule has 3 N–H and O–H groups in total. The van der Waals surface area contributed by atoms with Crippen molar-refractivity contribution in [3.05, 3.63) is 0 Å². The zero-order chi connectivity index (χ0) is 12.1. The van der Waals surface area contributed by atoms with E-state index < -0.39 is 33.8 Å². The number of carbonyl (C=O) groups excluding carboxylic acids is 2. The molecule has 15 heavy (non-hydrogen) atoms. The van der Waals surface area contributed by atoms with E-state index >= 15 is 0 Å². The molecule has 0 saturated heterocycles. The third kappa shape index (κ3) is 5.30. The summed E-state index contributed by atoms with van der Waals surface area (Å²) in [5, 5.41) is 20.4. The highest BCUT2D eigenvalue weighted by molar-refractivity contribution is 7.89. The van der Waals surface area contributed by atoms with Gasteiger partial charge in [-0.25, -0.2) is 13.1 Å². The van der Waals surface area contributed by atoms with Crippen molar-refractivity contribution in [1.29, 1.82) is 0 Å². The molecular weight excluding hydrogens is 228 g/mol. The quantitative estimate of drug-likeness (QED) is 0.421. The summed E-state index contributed by atoms with van der Waals surface area (Å²) in [6.07, 6.45) is 0.0855. The number of carboxylic acids is 2. The van der Waals surface area contributed by atoms with E-state index in [0.717, 1.165) is 0 Å². The van der Waals surface area contributed by atoms with E-state index in [1.807, 2.05) is 0 Å². The van der Waals surface area contributed by atoms with Gasteiger partial charge in [-0.3, -0.25) is 0 Å². The Balaban J connectivity index is 4.53. The Morgan fingerprint density at radius 1 is 1.27 bits per heavy atom. The van der Waals surface area contributed by atoms with E-state index in [2.05, 4.69) is 0 Å². The highest BCUT2D eigenvalue weighted by atomic mass is 32.2.